The molecule has 1 aromatic carbocycles. The van der Waals surface area contributed by atoms with Gasteiger partial charge in [-0.2, -0.15) is 0 Å². The fraction of sp³-hybridized carbons (Fsp3) is 0.400. The van der Waals surface area contributed by atoms with Crippen LogP contribution in [0.2, 0.25) is 0 Å². The number of allylic oxidation sites excluding steroid dienone is 1. The van der Waals surface area contributed by atoms with Gasteiger partial charge >= 0.3 is 16.5 Å². The molecule has 0 saturated heterocycles. The molecule has 118 valence electrons. The highest BCUT2D eigenvalue weighted by atomic mass is 32.2. The van der Waals surface area contributed by atoms with Crippen molar-refractivity contribution in [1.82, 2.24) is 0 Å². The van der Waals surface area contributed by atoms with E-state index in [1.807, 2.05) is 30.3 Å². The van der Waals surface area contributed by atoms with Crippen molar-refractivity contribution < 1.29 is 27.0 Å². The number of benzene rings is 1. The molecule has 0 spiro atoms. The van der Waals surface area contributed by atoms with Crippen molar-refractivity contribution in [3.63, 3.8) is 0 Å². The molecule has 1 aliphatic rings. The van der Waals surface area contributed by atoms with Crippen LogP contribution < -0.4 is 0 Å². The molecule has 1 aliphatic heterocycles. The predicted octanol–water partition coefficient (Wildman–Crippen LogP) is 1.31. The van der Waals surface area contributed by atoms with Crippen LogP contribution >= 0.6 is 0 Å². The van der Waals surface area contributed by atoms with Crippen molar-refractivity contribution in [1.29, 1.82) is 0 Å². The van der Waals surface area contributed by atoms with Gasteiger partial charge in [0.15, 0.2) is 6.54 Å². The average molecular weight is 324 g/mol. The fourth-order valence-electron chi connectivity index (χ4n) is 2.47. The largest absolute Gasteiger partial charge is 0.476 e. The summed E-state index contributed by atoms with van der Waals surface area (Å²) in [6, 6.07) is 8.43. The first-order valence-electron chi connectivity index (χ1n) is 6.95. The molecule has 0 amide bonds. The van der Waals surface area contributed by atoms with Crippen molar-refractivity contribution in [2.24, 2.45) is 5.92 Å². The molecular formula is C15H18NO5S+. The minimum atomic E-state index is -2.58. The Labute approximate surface area is 130 Å². The van der Waals surface area contributed by atoms with E-state index >= 15 is 0 Å². The van der Waals surface area contributed by atoms with Gasteiger partial charge in [0.2, 0.25) is 0 Å². The Bertz CT molecular complexity index is 673. The normalized spacial score (nSPS) is 21.4. The number of ether oxygens (including phenoxy) is 1. The maximum absolute atomic E-state index is 11.5. The summed E-state index contributed by atoms with van der Waals surface area (Å²) in [5.41, 5.74) is 0.989. The van der Waals surface area contributed by atoms with Crippen LogP contribution in [0.15, 0.2) is 42.5 Å². The third-order valence-electron chi connectivity index (χ3n) is 3.54. The Balaban J connectivity index is 2.08. The molecule has 0 saturated carbocycles. The number of nitrogens with zero attached hydrogens (tertiary/aromatic N) is 1. The lowest BCUT2D eigenvalue weighted by Gasteiger charge is -2.17. The second kappa shape index (κ2) is 7.86. The number of hydrogen-bond acceptors (Lipinski definition) is 4. The number of rotatable bonds is 5. The lowest BCUT2D eigenvalue weighted by atomic mass is 9.98. The van der Waals surface area contributed by atoms with Gasteiger partial charge in [-0.05, 0) is 18.1 Å². The number of carbonyl (C=O) groups is 1. The minimum Gasteiger partial charge on any atom is -0.476 e. The zero-order valence-electron chi connectivity index (χ0n) is 12.0. The van der Waals surface area contributed by atoms with Crippen molar-refractivity contribution in [2.45, 2.75) is 19.1 Å². The van der Waals surface area contributed by atoms with Gasteiger partial charge in [0.1, 0.15) is 0 Å². The Morgan fingerprint density at radius 2 is 2.00 bits per heavy atom. The van der Waals surface area contributed by atoms with Crippen LogP contribution in [-0.2, 0) is 26.6 Å². The maximum Gasteiger partial charge on any atom is 0.459 e. The highest BCUT2D eigenvalue weighted by Gasteiger charge is 2.40. The molecule has 2 unspecified atom stereocenters. The van der Waals surface area contributed by atoms with E-state index in [-0.39, 0.29) is 13.2 Å². The van der Waals surface area contributed by atoms with E-state index in [1.54, 1.807) is 12.2 Å². The Morgan fingerprint density at radius 3 is 2.64 bits per heavy atom. The lowest BCUT2D eigenvalue weighted by molar-refractivity contribution is -0.530. The van der Waals surface area contributed by atoms with Crippen molar-refractivity contribution in [3.8, 4) is 0 Å². The molecule has 1 heterocycles. The first-order valence-corrected chi connectivity index (χ1v) is 7.98. The van der Waals surface area contributed by atoms with Gasteiger partial charge in [0, 0.05) is 0 Å². The standard InChI is InChI=1S/C15H17NO5S/c17-15(18)14-13(8-4-5-9-16(14)22(19)20)11-21-10-12-6-2-1-3-7-12/h1-7,13-14H,8-11H2/p+1. The average Bonchev–Trinajstić information content (AvgIpc) is 2.71. The van der Waals surface area contributed by atoms with E-state index in [4.69, 9.17) is 4.74 Å². The second-order valence-electron chi connectivity index (χ2n) is 5.07. The first kappa shape index (κ1) is 16.4. The van der Waals surface area contributed by atoms with E-state index < -0.39 is 28.4 Å². The quantitative estimate of drug-likeness (QED) is 0.652. The highest BCUT2D eigenvalue weighted by Crippen LogP contribution is 2.18. The molecular weight excluding hydrogens is 306 g/mol. The van der Waals surface area contributed by atoms with Gasteiger partial charge in [-0.3, -0.25) is 0 Å². The zero-order chi connectivity index (χ0) is 15.9. The number of aliphatic carboxylic acids is 1. The molecule has 1 aromatic rings. The minimum absolute atomic E-state index is 0.0717. The third kappa shape index (κ3) is 4.25. The third-order valence-corrected chi connectivity index (χ3v) is 4.29. The first-order chi connectivity index (χ1) is 10.6. The molecule has 2 rings (SSSR count). The van der Waals surface area contributed by atoms with Crippen LogP contribution in [0.25, 0.3) is 0 Å². The lowest BCUT2D eigenvalue weighted by Crippen LogP contribution is -2.41. The molecule has 7 heteroatoms. The summed E-state index contributed by atoms with van der Waals surface area (Å²) < 4.78 is 29.0. The predicted molar refractivity (Wildman–Crippen MR) is 78.8 cm³/mol. The number of carboxylic acids is 1. The zero-order valence-corrected chi connectivity index (χ0v) is 12.8. The van der Waals surface area contributed by atoms with Gasteiger partial charge in [-0.15, -0.1) is 12.4 Å². The fourth-order valence-corrected chi connectivity index (χ4v) is 3.12. The molecule has 22 heavy (non-hydrogen) atoms. The summed E-state index contributed by atoms with van der Waals surface area (Å²) >= 11 is 0. The van der Waals surface area contributed by atoms with Crippen molar-refractivity contribution in [3.05, 3.63) is 48.0 Å². The Hall–Kier alpha value is -1.99. The van der Waals surface area contributed by atoms with E-state index in [9.17, 15) is 18.3 Å². The Kier molecular flexibility index (Phi) is 5.85. The molecule has 0 radical (unpaired) electrons. The van der Waals surface area contributed by atoms with E-state index in [2.05, 4.69) is 0 Å². The molecule has 1 N–H and O–H groups in total. The molecule has 0 bridgehead atoms. The van der Waals surface area contributed by atoms with Crippen LogP contribution in [-0.4, -0.2) is 42.6 Å². The van der Waals surface area contributed by atoms with E-state index in [0.717, 1.165) is 9.51 Å². The molecule has 0 aliphatic carbocycles. The van der Waals surface area contributed by atoms with E-state index in [0.29, 0.717) is 13.0 Å². The summed E-state index contributed by atoms with van der Waals surface area (Å²) in [6.45, 7) is 0.625. The topological polar surface area (TPSA) is 83.7 Å². The van der Waals surface area contributed by atoms with E-state index in [1.165, 1.54) is 0 Å². The van der Waals surface area contributed by atoms with Crippen LogP contribution in [0, 0.1) is 5.92 Å². The molecule has 0 aromatic heterocycles. The van der Waals surface area contributed by atoms with Crippen LogP contribution in [0.5, 0.6) is 0 Å². The van der Waals surface area contributed by atoms with Crippen LogP contribution in [0.3, 0.4) is 0 Å². The number of carboxylic acid groups (broad SMARTS) is 1. The van der Waals surface area contributed by atoms with Gasteiger partial charge in [0.05, 0.1) is 19.1 Å². The van der Waals surface area contributed by atoms with Crippen molar-refractivity contribution >= 4 is 16.5 Å². The van der Waals surface area contributed by atoms with Gasteiger partial charge in [-0.25, -0.2) is 4.79 Å². The summed E-state index contributed by atoms with van der Waals surface area (Å²) in [5, 5.41) is 9.37. The number of hydrogen-bond donors (Lipinski definition) is 1. The Morgan fingerprint density at radius 1 is 1.27 bits per heavy atom. The monoisotopic (exact) mass is 324 g/mol. The smallest absolute Gasteiger partial charge is 0.459 e. The summed E-state index contributed by atoms with van der Waals surface area (Å²) in [6.07, 6.45) is 3.95. The van der Waals surface area contributed by atoms with Crippen LogP contribution in [0.4, 0.5) is 0 Å². The highest BCUT2D eigenvalue weighted by molar-refractivity contribution is 7.58. The summed E-state index contributed by atoms with van der Waals surface area (Å²) in [5.74, 6) is -1.57. The van der Waals surface area contributed by atoms with Gasteiger partial charge in [-0.1, -0.05) is 36.4 Å². The van der Waals surface area contributed by atoms with Gasteiger partial charge < -0.3 is 9.84 Å². The summed E-state index contributed by atoms with van der Waals surface area (Å²) in [4.78, 5) is 11.5. The van der Waals surface area contributed by atoms with Gasteiger partial charge in [0.25, 0.3) is 6.04 Å². The second-order valence-corrected chi connectivity index (χ2v) is 5.97. The van der Waals surface area contributed by atoms with Crippen LogP contribution in [0.1, 0.15) is 12.0 Å². The molecule has 2 atom stereocenters. The molecule has 0 fully saturated rings. The maximum atomic E-state index is 11.5. The molecule has 6 nitrogen and oxygen atoms in total. The SMILES string of the molecule is O=C(O)C1C(COCc2ccccc2)CC=CC[N+]1=S(=O)=O. The summed E-state index contributed by atoms with van der Waals surface area (Å²) in [7, 11) is -2.58. The van der Waals surface area contributed by atoms with Crippen molar-refractivity contribution in [2.75, 3.05) is 13.2 Å².